The third-order valence-electron chi connectivity index (χ3n) is 5.70. The van der Waals surface area contributed by atoms with Gasteiger partial charge in [-0.15, -0.1) is 0 Å². The van der Waals surface area contributed by atoms with Gasteiger partial charge >= 0.3 is 0 Å². The number of pyridine rings is 1. The third kappa shape index (κ3) is 4.27. The van der Waals surface area contributed by atoms with Crippen LogP contribution in [0.5, 0.6) is 0 Å². The number of rotatable bonds is 5. The smallest absolute Gasteiger partial charge is 0.255 e. The van der Waals surface area contributed by atoms with Crippen LogP contribution < -0.4 is 5.32 Å². The highest BCUT2D eigenvalue weighted by Crippen LogP contribution is 2.28. The van der Waals surface area contributed by atoms with Crippen molar-refractivity contribution >= 4 is 11.6 Å². The number of nitrogens with zero attached hydrogens (tertiary/aromatic N) is 2. The maximum absolute atomic E-state index is 12.5. The van der Waals surface area contributed by atoms with Crippen LogP contribution in [0.4, 0.5) is 5.69 Å². The first kappa shape index (κ1) is 19.3. The van der Waals surface area contributed by atoms with Crippen molar-refractivity contribution in [1.82, 2.24) is 9.88 Å². The number of hydrogen-bond acceptors (Lipinski definition) is 4. The maximum Gasteiger partial charge on any atom is 0.255 e. The molecule has 3 heterocycles. The molecule has 0 unspecified atom stereocenters. The van der Waals surface area contributed by atoms with Crippen molar-refractivity contribution < 1.29 is 9.21 Å². The molecule has 0 spiro atoms. The van der Waals surface area contributed by atoms with E-state index in [0.29, 0.717) is 5.56 Å². The molecule has 0 aliphatic carbocycles. The molecule has 1 aliphatic rings. The second-order valence-corrected chi connectivity index (χ2v) is 7.77. The van der Waals surface area contributed by atoms with E-state index in [1.54, 1.807) is 30.8 Å². The summed E-state index contributed by atoms with van der Waals surface area (Å²) < 4.78 is 5.63. The number of aromatic nitrogens is 1. The Bertz CT molecular complexity index is 1190. The minimum absolute atomic E-state index is 0.123. The molecule has 4 aromatic rings. The average molecular weight is 409 g/mol. The van der Waals surface area contributed by atoms with E-state index < -0.39 is 0 Å². The van der Waals surface area contributed by atoms with Crippen LogP contribution in [0.25, 0.3) is 11.3 Å². The monoisotopic (exact) mass is 409 g/mol. The van der Waals surface area contributed by atoms with Crippen LogP contribution >= 0.6 is 0 Å². The lowest BCUT2D eigenvalue weighted by Gasteiger charge is -2.29. The fourth-order valence-electron chi connectivity index (χ4n) is 4.11. The van der Waals surface area contributed by atoms with E-state index in [0.717, 1.165) is 43.1 Å². The van der Waals surface area contributed by atoms with Crippen LogP contribution in [-0.4, -0.2) is 22.3 Å². The lowest BCUT2D eigenvalue weighted by molar-refractivity contribution is 0.102. The zero-order chi connectivity index (χ0) is 21.0. The summed E-state index contributed by atoms with van der Waals surface area (Å²) in [5.74, 6) is 0.775. The summed E-state index contributed by atoms with van der Waals surface area (Å²) in [4.78, 5) is 18.9. The van der Waals surface area contributed by atoms with E-state index in [1.807, 2.05) is 24.3 Å². The number of nitrogens with one attached hydrogen (secondary N) is 1. The van der Waals surface area contributed by atoms with E-state index in [9.17, 15) is 4.79 Å². The molecule has 5 nitrogen and oxygen atoms in total. The van der Waals surface area contributed by atoms with Crippen molar-refractivity contribution in [3.05, 3.63) is 108 Å². The predicted molar refractivity (Wildman–Crippen MR) is 121 cm³/mol. The van der Waals surface area contributed by atoms with E-state index in [2.05, 4.69) is 45.5 Å². The van der Waals surface area contributed by atoms with Crippen LogP contribution in [0.15, 0.2) is 89.8 Å². The molecule has 5 heteroatoms. The first-order valence-corrected chi connectivity index (χ1v) is 10.4. The van der Waals surface area contributed by atoms with Crippen molar-refractivity contribution in [2.24, 2.45) is 0 Å². The number of carbonyl (C=O) groups is 1. The Morgan fingerprint density at radius 1 is 1.00 bits per heavy atom. The lowest BCUT2D eigenvalue weighted by atomic mass is 9.97. The second-order valence-electron chi connectivity index (χ2n) is 7.77. The Labute approximate surface area is 181 Å². The number of fused-ring (bicyclic) bond motifs is 1. The standard InChI is InChI=1S/C26H23N3O2/c30-26(20-9-12-27-13-10-20)28-23-8-7-19-11-14-29(18-22(19)16-23)17-21-4-1-2-5-24(21)25-6-3-15-31-25/h1-10,12-13,15-16H,11,14,17-18H2,(H,28,30). The van der Waals surface area contributed by atoms with Crippen molar-refractivity contribution in [3.8, 4) is 11.3 Å². The molecule has 0 atom stereocenters. The van der Waals surface area contributed by atoms with Gasteiger partial charge in [-0.3, -0.25) is 14.7 Å². The van der Waals surface area contributed by atoms with Gasteiger partial charge in [0.15, 0.2) is 0 Å². The molecule has 2 aromatic heterocycles. The molecule has 2 aromatic carbocycles. The highest BCUT2D eigenvalue weighted by atomic mass is 16.3. The molecule has 0 saturated carbocycles. The highest BCUT2D eigenvalue weighted by molar-refractivity contribution is 6.04. The highest BCUT2D eigenvalue weighted by Gasteiger charge is 2.19. The summed E-state index contributed by atoms with van der Waals surface area (Å²) in [5, 5.41) is 3.00. The van der Waals surface area contributed by atoms with Gasteiger partial charge in [-0.1, -0.05) is 30.3 Å². The minimum atomic E-state index is -0.123. The Balaban J connectivity index is 1.32. The summed E-state index contributed by atoms with van der Waals surface area (Å²) in [7, 11) is 0. The van der Waals surface area contributed by atoms with Gasteiger partial charge < -0.3 is 9.73 Å². The van der Waals surface area contributed by atoms with Gasteiger partial charge in [-0.25, -0.2) is 0 Å². The molecule has 0 bridgehead atoms. The molecule has 1 amide bonds. The fourth-order valence-corrected chi connectivity index (χ4v) is 4.11. The number of amides is 1. The van der Waals surface area contributed by atoms with E-state index >= 15 is 0 Å². The van der Waals surface area contributed by atoms with Crippen LogP contribution in [0.2, 0.25) is 0 Å². The Kier molecular flexibility index (Phi) is 5.33. The summed E-state index contributed by atoms with van der Waals surface area (Å²) in [6, 6.07) is 22.0. The Hall–Kier alpha value is -3.70. The number of hydrogen-bond donors (Lipinski definition) is 1. The van der Waals surface area contributed by atoms with Gasteiger partial charge in [-0.2, -0.15) is 0 Å². The Morgan fingerprint density at radius 2 is 1.87 bits per heavy atom. The number of carbonyl (C=O) groups excluding carboxylic acids is 1. The fraction of sp³-hybridized carbons (Fsp3) is 0.154. The zero-order valence-corrected chi connectivity index (χ0v) is 17.1. The summed E-state index contributed by atoms with van der Waals surface area (Å²) in [5.41, 5.74) is 6.41. The Morgan fingerprint density at radius 3 is 2.71 bits per heavy atom. The van der Waals surface area contributed by atoms with Gasteiger partial charge in [0.2, 0.25) is 0 Å². The molecular formula is C26H23N3O2. The molecule has 1 N–H and O–H groups in total. The van der Waals surface area contributed by atoms with Crippen molar-refractivity contribution in [2.75, 3.05) is 11.9 Å². The van der Waals surface area contributed by atoms with E-state index in [-0.39, 0.29) is 5.91 Å². The van der Waals surface area contributed by atoms with Crippen LogP contribution in [0.3, 0.4) is 0 Å². The SMILES string of the molecule is O=C(Nc1ccc2c(c1)CN(Cc1ccccc1-c1ccco1)CC2)c1ccncc1. The number of anilines is 1. The van der Waals surface area contributed by atoms with Gasteiger partial charge in [0, 0.05) is 48.8 Å². The molecular weight excluding hydrogens is 386 g/mol. The molecule has 1 aliphatic heterocycles. The van der Waals surface area contributed by atoms with Crippen LogP contribution in [0, 0.1) is 0 Å². The van der Waals surface area contributed by atoms with Crippen molar-refractivity contribution in [3.63, 3.8) is 0 Å². The average Bonchev–Trinajstić information content (AvgIpc) is 3.35. The topological polar surface area (TPSA) is 58.4 Å². The molecule has 31 heavy (non-hydrogen) atoms. The lowest BCUT2D eigenvalue weighted by Crippen LogP contribution is -2.30. The molecule has 154 valence electrons. The minimum Gasteiger partial charge on any atom is -0.464 e. The third-order valence-corrected chi connectivity index (χ3v) is 5.70. The number of furan rings is 1. The number of benzene rings is 2. The quantitative estimate of drug-likeness (QED) is 0.495. The van der Waals surface area contributed by atoms with Gasteiger partial charge in [-0.05, 0) is 59.5 Å². The van der Waals surface area contributed by atoms with Gasteiger partial charge in [0.1, 0.15) is 5.76 Å². The van der Waals surface area contributed by atoms with Crippen molar-refractivity contribution in [2.45, 2.75) is 19.5 Å². The summed E-state index contributed by atoms with van der Waals surface area (Å²) in [6.45, 7) is 2.70. The molecule has 5 rings (SSSR count). The second kappa shape index (κ2) is 8.58. The first-order chi connectivity index (χ1) is 15.3. The summed E-state index contributed by atoms with van der Waals surface area (Å²) >= 11 is 0. The predicted octanol–water partition coefficient (Wildman–Crippen LogP) is 5.15. The molecule has 0 fully saturated rings. The van der Waals surface area contributed by atoms with Crippen molar-refractivity contribution in [1.29, 1.82) is 0 Å². The van der Waals surface area contributed by atoms with Crippen LogP contribution in [-0.2, 0) is 19.5 Å². The van der Waals surface area contributed by atoms with E-state index in [4.69, 9.17) is 4.42 Å². The maximum atomic E-state index is 12.5. The van der Waals surface area contributed by atoms with Gasteiger partial charge in [0.05, 0.1) is 6.26 Å². The van der Waals surface area contributed by atoms with E-state index in [1.165, 1.54) is 16.7 Å². The first-order valence-electron chi connectivity index (χ1n) is 10.4. The van der Waals surface area contributed by atoms with Gasteiger partial charge in [0.25, 0.3) is 5.91 Å². The molecule has 0 radical (unpaired) electrons. The zero-order valence-electron chi connectivity index (χ0n) is 17.1. The van der Waals surface area contributed by atoms with Crippen LogP contribution in [0.1, 0.15) is 27.0 Å². The molecule has 0 saturated heterocycles. The largest absolute Gasteiger partial charge is 0.464 e. The summed E-state index contributed by atoms with van der Waals surface area (Å²) in [6.07, 6.45) is 5.96. The normalized spacial score (nSPS) is 13.5.